The highest BCUT2D eigenvalue weighted by molar-refractivity contribution is 7.86. The number of alkyl halides is 3. The summed E-state index contributed by atoms with van der Waals surface area (Å²) in [5, 5.41) is 1.06. The van der Waals surface area contributed by atoms with E-state index in [1.807, 2.05) is 24.3 Å². The Morgan fingerprint density at radius 3 is 2.10 bits per heavy atom. The van der Waals surface area contributed by atoms with Crippen LogP contribution >= 0.6 is 0 Å². The number of para-hydroxylation sites is 1. The Hall–Kier alpha value is -1.74. The van der Waals surface area contributed by atoms with Gasteiger partial charge in [-0.25, -0.2) is 8.42 Å². The molecule has 0 saturated carbocycles. The molecule has 2 rings (SSSR count). The summed E-state index contributed by atoms with van der Waals surface area (Å²) >= 11 is 0. The van der Waals surface area contributed by atoms with E-state index in [0.29, 0.717) is 0 Å². The van der Waals surface area contributed by atoms with Gasteiger partial charge in [0, 0.05) is 17.5 Å². The first-order valence-electron chi connectivity index (χ1n) is 5.09. The Balaban J connectivity index is 0.000000221. The van der Waals surface area contributed by atoms with Crippen LogP contribution in [-0.4, -0.2) is 18.5 Å². The first-order valence-corrected chi connectivity index (χ1v) is 6.50. The molecule has 1 aromatic carbocycles. The number of aromatic nitrogens is 1. The van der Waals surface area contributed by atoms with Gasteiger partial charge in [-0.15, -0.1) is 4.39 Å². The van der Waals surface area contributed by atoms with Crippen LogP contribution in [0.2, 0.25) is 0 Å². The van der Waals surface area contributed by atoms with Crippen LogP contribution in [0.3, 0.4) is 0 Å². The third kappa shape index (κ3) is 3.87. The molecule has 0 atom stereocenters. The fourth-order valence-corrected chi connectivity index (χ4v) is 1.32. The van der Waals surface area contributed by atoms with E-state index >= 15 is 0 Å². The van der Waals surface area contributed by atoms with Crippen molar-refractivity contribution < 1.29 is 35.1 Å². The molecule has 9 heteroatoms. The van der Waals surface area contributed by atoms with Crippen molar-refractivity contribution in [3.05, 3.63) is 42.3 Å². The fraction of sp³-hybridized carbons (Fsp3) is 0.182. The zero-order chi connectivity index (χ0) is 15.6. The number of benzene rings is 1. The maximum Gasteiger partial charge on any atom is 0.485 e. The highest BCUT2D eigenvalue weighted by Crippen LogP contribution is 2.20. The number of rotatable bonds is 0. The summed E-state index contributed by atoms with van der Waals surface area (Å²) < 4.78 is 73.5. The Morgan fingerprint density at radius 2 is 1.60 bits per heavy atom. The quantitative estimate of drug-likeness (QED) is 0.245. The van der Waals surface area contributed by atoms with Crippen molar-refractivity contribution in [2.75, 3.05) is 0 Å². The van der Waals surface area contributed by atoms with Crippen LogP contribution in [-0.2, 0) is 17.2 Å². The van der Waals surface area contributed by atoms with E-state index in [1.54, 1.807) is 13.1 Å². The third-order valence-electron chi connectivity index (χ3n) is 2.30. The van der Waals surface area contributed by atoms with Crippen molar-refractivity contribution in [1.29, 1.82) is 0 Å². The van der Waals surface area contributed by atoms with Gasteiger partial charge in [0.25, 0.3) is 0 Å². The smallest absolute Gasteiger partial charge is 0.485 e. The Labute approximate surface area is 112 Å². The minimum Gasteiger partial charge on any atom is -0.741 e. The normalized spacial score (nSPS) is 11.9. The van der Waals surface area contributed by atoms with Gasteiger partial charge in [0.1, 0.15) is 7.05 Å². The molecule has 0 spiro atoms. The summed E-state index contributed by atoms with van der Waals surface area (Å²) in [6.07, 6.45) is 0. The standard InChI is InChI=1S/C10H9FN.CHF3O3S/c1-12-9-5-3-2-4-8(9)6-7-10(12)11;2-1(3,4)8(5,6)7/h2-7H,1H3;(H,5,6,7)/q+1;/p-1. The van der Waals surface area contributed by atoms with Gasteiger partial charge in [0.05, 0.1) is 0 Å². The van der Waals surface area contributed by atoms with Crippen molar-refractivity contribution in [1.82, 2.24) is 0 Å². The van der Waals surface area contributed by atoms with Crippen molar-refractivity contribution in [3.8, 4) is 0 Å². The molecule has 0 aliphatic rings. The van der Waals surface area contributed by atoms with E-state index in [9.17, 15) is 17.6 Å². The average Bonchev–Trinajstić information content (AvgIpc) is 2.33. The Bertz CT molecular complexity index is 713. The van der Waals surface area contributed by atoms with Crippen molar-refractivity contribution >= 4 is 21.0 Å². The van der Waals surface area contributed by atoms with Crippen molar-refractivity contribution in [3.63, 3.8) is 0 Å². The van der Waals surface area contributed by atoms with E-state index in [1.165, 1.54) is 10.6 Å². The molecule has 0 saturated heterocycles. The first-order chi connectivity index (χ1) is 9.04. The molecule has 0 N–H and O–H groups in total. The van der Waals surface area contributed by atoms with Crippen LogP contribution in [0.5, 0.6) is 0 Å². The summed E-state index contributed by atoms with van der Waals surface area (Å²) in [5.41, 5.74) is -4.73. The first kappa shape index (κ1) is 16.3. The lowest BCUT2D eigenvalue weighted by molar-refractivity contribution is -0.674. The predicted octanol–water partition coefficient (Wildman–Crippen LogP) is 1.85. The van der Waals surface area contributed by atoms with E-state index in [-0.39, 0.29) is 5.95 Å². The second-order valence-electron chi connectivity index (χ2n) is 3.67. The third-order valence-corrected chi connectivity index (χ3v) is 2.87. The zero-order valence-corrected chi connectivity index (χ0v) is 10.9. The van der Waals surface area contributed by atoms with Gasteiger partial charge in [-0.05, 0) is 12.1 Å². The molecular weight excluding hydrogens is 302 g/mol. The maximum atomic E-state index is 13.0. The van der Waals surface area contributed by atoms with E-state index in [0.717, 1.165) is 10.9 Å². The molecule has 20 heavy (non-hydrogen) atoms. The summed E-state index contributed by atoms with van der Waals surface area (Å²) in [7, 11) is -4.37. The topological polar surface area (TPSA) is 61.1 Å². The molecular formula is C11H9F4NO3S. The highest BCUT2D eigenvalue weighted by Gasteiger charge is 2.36. The molecule has 1 aromatic heterocycles. The van der Waals surface area contributed by atoms with Crippen molar-refractivity contribution in [2.45, 2.75) is 5.51 Å². The fourth-order valence-electron chi connectivity index (χ4n) is 1.32. The number of nitrogens with zero attached hydrogens (tertiary/aromatic N) is 1. The minimum atomic E-state index is -6.09. The van der Waals surface area contributed by atoms with Crippen LogP contribution in [0.25, 0.3) is 10.9 Å². The number of hydrogen-bond acceptors (Lipinski definition) is 3. The molecule has 0 fully saturated rings. The van der Waals surface area contributed by atoms with E-state index in [2.05, 4.69) is 0 Å². The minimum absolute atomic E-state index is 0.214. The monoisotopic (exact) mass is 311 g/mol. The summed E-state index contributed by atoms with van der Waals surface area (Å²) in [4.78, 5) is 0. The van der Waals surface area contributed by atoms with Crippen LogP contribution in [0.4, 0.5) is 17.6 Å². The molecule has 0 aliphatic carbocycles. The second-order valence-corrected chi connectivity index (χ2v) is 5.04. The predicted molar refractivity (Wildman–Crippen MR) is 60.8 cm³/mol. The molecule has 0 bridgehead atoms. The SMILES string of the molecule is C[n+]1c(F)ccc2ccccc21.O=S(=O)([O-])C(F)(F)F. The van der Waals surface area contributed by atoms with Crippen LogP contribution in [0.15, 0.2) is 36.4 Å². The molecule has 0 amide bonds. The lowest BCUT2D eigenvalue weighted by Gasteiger charge is -2.08. The van der Waals surface area contributed by atoms with Gasteiger partial charge in [0.2, 0.25) is 5.52 Å². The summed E-state index contributed by atoms with van der Waals surface area (Å²) in [6.45, 7) is 0. The largest absolute Gasteiger partial charge is 0.741 e. The average molecular weight is 311 g/mol. The lowest BCUT2D eigenvalue weighted by atomic mass is 10.2. The number of halogens is 4. The highest BCUT2D eigenvalue weighted by atomic mass is 32.2. The van der Waals surface area contributed by atoms with Gasteiger partial charge in [-0.2, -0.15) is 17.7 Å². The molecule has 0 unspecified atom stereocenters. The molecule has 0 aliphatic heterocycles. The number of fused-ring (bicyclic) bond motifs is 1. The van der Waals surface area contributed by atoms with Gasteiger partial charge >= 0.3 is 11.5 Å². The Morgan fingerprint density at radius 1 is 1.10 bits per heavy atom. The molecule has 2 aromatic rings. The summed E-state index contributed by atoms with van der Waals surface area (Å²) in [5.74, 6) is -0.214. The lowest BCUT2D eigenvalue weighted by Crippen LogP contribution is -2.33. The molecule has 4 nitrogen and oxygen atoms in total. The van der Waals surface area contributed by atoms with Crippen LogP contribution < -0.4 is 4.57 Å². The van der Waals surface area contributed by atoms with Crippen molar-refractivity contribution in [2.24, 2.45) is 7.05 Å². The molecule has 110 valence electrons. The van der Waals surface area contributed by atoms with Crippen LogP contribution in [0, 0.1) is 5.95 Å². The number of hydrogen-bond donors (Lipinski definition) is 0. The molecule has 1 heterocycles. The van der Waals surface area contributed by atoms with Gasteiger partial charge in [-0.3, -0.25) is 0 Å². The van der Waals surface area contributed by atoms with Crippen LogP contribution in [0.1, 0.15) is 0 Å². The Kier molecular flexibility index (Phi) is 4.66. The van der Waals surface area contributed by atoms with Gasteiger partial charge in [0.15, 0.2) is 10.1 Å². The molecule has 0 radical (unpaired) electrons. The van der Waals surface area contributed by atoms with Gasteiger partial charge in [-0.1, -0.05) is 12.1 Å². The second kappa shape index (κ2) is 5.71. The maximum absolute atomic E-state index is 13.0. The van der Waals surface area contributed by atoms with E-state index < -0.39 is 15.6 Å². The number of pyridine rings is 1. The number of aryl methyl sites for hydroxylation is 1. The van der Waals surface area contributed by atoms with E-state index in [4.69, 9.17) is 13.0 Å². The van der Waals surface area contributed by atoms with Gasteiger partial charge < -0.3 is 4.55 Å². The zero-order valence-electron chi connectivity index (χ0n) is 10.1. The summed E-state index contributed by atoms with van der Waals surface area (Å²) in [6, 6.07) is 11.0.